The summed E-state index contributed by atoms with van der Waals surface area (Å²) in [5, 5.41) is 0. The molecule has 0 heterocycles. The number of aryl methyl sites for hydroxylation is 1. The van der Waals surface area contributed by atoms with E-state index in [4.69, 9.17) is 4.74 Å². The summed E-state index contributed by atoms with van der Waals surface area (Å²) in [6.45, 7) is 7.09. The maximum atomic E-state index is 5.81. The Labute approximate surface area is 136 Å². The average Bonchev–Trinajstić information content (AvgIpc) is 2.51. The van der Waals surface area contributed by atoms with Gasteiger partial charge in [0.05, 0.1) is 6.61 Å². The molecule has 1 nitrogen and oxygen atoms in total. The highest BCUT2D eigenvalue weighted by Gasteiger charge is 2.23. The fraction of sp³-hybridized carbons (Fsp3) is 0.368. The molecule has 0 aromatic heterocycles. The molecule has 2 unspecified atom stereocenters. The Bertz CT molecular complexity index is 565. The van der Waals surface area contributed by atoms with Crippen LogP contribution in [-0.4, -0.2) is 6.61 Å². The third kappa shape index (κ3) is 3.88. The molecule has 2 rings (SSSR count). The largest absolute Gasteiger partial charge is 0.494 e. The molecule has 0 saturated heterocycles. The molecule has 0 N–H and O–H groups in total. The van der Waals surface area contributed by atoms with Crippen LogP contribution >= 0.6 is 15.9 Å². The molecule has 2 heteroatoms. The van der Waals surface area contributed by atoms with Crippen LogP contribution < -0.4 is 4.74 Å². The number of alkyl halides is 1. The smallest absolute Gasteiger partial charge is 0.123 e. The van der Waals surface area contributed by atoms with Crippen molar-refractivity contribution >= 4 is 15.9 Å². The van der Waals surface area contributed by atoms with Gasteiger partial charge in [-0.3, -0.25) is 0 Å². The van der Waals surface area contributed by atoms with Gasteiger partial charge >= 0.3 is 0 Å². The molecule has 0 aliphatic carbocycles. The second-order valence-corrected chi connectivity index (χ2v) is 6.29. The van der Waals surface area contributed by atoms with E-state index in [0.717, 1.165) is 12.2 Å². The van der Waals surface area contributed by atoms with E-state index in [0.29, 0.717) is 12.5 Å². The normalized spacial score (nSPS) is 13.7. The Hall–Kier alpha value is -1.28. The fourth-order valence-corrected chi connectivity index (χ4v) is 3.74. The Kier molecular flexibility index (Phi) is 5.86. The summed E-state index contributed by atoms with van der Waals surface area (Å²) >= 11 is 3.92. The number of rotatable bonds is 6. The number of benzene rings is 2. The van der Waals surface area contributed by atoms with Crippen molar-refractivity contribution in [1.82, 2.24) is 0 Å². The van der Waals surface area contributed by atoms with Gasteiger partial charge < -0.3 is 4.74 Å². The molecule has 0 aliphatic rings. The van der Waals surface area contributed by atoms with Gasteiger partial charge in [-0.15, -0.1) is 0 Å². The summed E-state index contributed by atoms with van der Waals surface area (Å²) in [7, 11) is 0. The summed E-state index contributed by atoms with van der Waals surface area (Å²) in [4.78, 5) is 0.256. The van der Waals surface area contributed by atoms with Crippen LogP contribution in [-0.2, 0) is 0 Å². The molecular formula is C19H23BrO. The van der Waals surface area contributed by atoms with Crippen LogP contribution in [0.15, 0.2) is 48.5 Å². The molecule has 112 valence electrons. The minimum atomic E-state index is 0.256. The monoisotopic (exact) mass is 346 g/mol. The van der Waals surface area contributed by atoms with Crippen LogP contribution in [0.1, 0.15) is 47.7 Å². The van der Waals surface area contributed by atoms with E-state index >= 15 is 0 Å². The Morgan fingerprint density at radius 1 is 1.05 bits per heavy atom. The van der Waals surface area contributed by atoms with Gasteiger partial charge in [-0.05, 0) is 31.9 Å². The van der Waals surface area contributed by atoms with Crippen molar-refractivity contribution in [3.05, 3.63) is 65.2 Å². The van der Waals surface area contributed by atoms with Gasteiger partial charge in [0.25, 0.3) is 0 Å². The second kappa shape index (κ2) is 7.65. The SMILES string of the molecule is CCOc1ccc(C)cc1C(Br)C(CC)c1ccccc1. The molecular weight excluding hydrogens is 324 g/mol. The van der Waals surface area contributed by atoms with Gasteiger partial charge in [0, 0.05) is 16.3 Å². The topological polar surface area (TPSA) is 9.23 Å². The van der Waals surface area contributed by atoms with E-state index in [-0.39, 0.29) is 4.83 Å². The number of ether oxygens (including phenoxy) is 1. The highest BCUT2D eigenvalue weighted by atomic mass is 79.9. The molecule has 0 spiro atoms. The van der Waals surface area contributed by atoms with E-state index in [9.17, 15) is 0 Å². The lowest BCUT2D eigenvalue weighted by Gasteiger charge is -2.24. The lowest BCUT2D eigenvalue weighted by molar-refractivity contribution is 0.335. The van der Waals surface area contributed by atoms with Crippen molar-refractivity contribution in [3.63, 3.8) is 0 Å². The zero-order valence-corrected chi connectivity index (χ0v) is 14.6. The van der Waals surface area contributed by atoms with E-state index in [1.54, 1.807) is 0 Å². The standard InChI is InChI=1S/C19H23BrO/c1-4-16(15-9-7-6-8-10-15)19(20)17-13-14(3)11-12-18(17)21-5-2/h6-13,16,19H,4-5H2,1-3H3. The zero-order valence-electron chi connectivity index (χ0n) is 13.0. The van der Waals surface area contributed by atoms with Crippen molar-refractivity contribution in [2.75, 3.05) is 6.61 Å². The molecule has 2 atom stereocenters. The van der Waals surface area contributed by atoms with Crippen LogP contribution in [0.25, 0.3) is 0 Å². The van der Waals surface area contributed by atoms with Gasteiger partial charge in [-0.2, -0.15) is 0 Å². The van der Waals surface area contributed by atoms with Crippen molar-refractivity contribution < 1.29 is 4.74 Å². The molecule has 0 bridgehead atoms. The fourth-order valence-electron chi connectivity index (χ4n) is 2.70. The van der Waals surface area contributed by atoms with Crippen LogP contribution in [0.4, 0.5) is 0 Å². The molecule has 2 aromatic rings. The van der Waals surface area contributed by atoms with Crippen molar-refractivity contribution in [2.45, 2.75) is 37.9 Å². The highest BCUT2D eigenvalue weighted by molar-refractivity contribution is 9.09. The molecule has 21 heavy (non-hydrogen) atoms. The summed E-state index contributed by atoms with van der Waals surface area (Å²) in [5.74, 6) is 1.42. The molecule has 0 saturated carbocycles. The molecule has 0 aliphatic heterocycles. The lowest BCUT2D eigenvalue weighted by Crippen LogP contribution is -2.08. The van der Waals surface area contributed by atoms with E-state index in [1.165, 1.54) is 16.7 Å². The summed E-state index contributed by atoms with van der Waals surface area (Å²) < 4.78 is 5.81. The van der Waals surface area contributed by atoms with Crippen LogP contribution in [0.3, 0.4) is 0 Å². The van der Waals surface area contributed by atoms with Crippen molar-refractivity contribution in [1.29, 1.82) is 0 Å². The molecule has 0 radical (unpaired) electrons. The summed E-state index contributed by atoms with van der Waals surface area (Å²) in [6, 6.07) is 17.1. The minimum absolute atomic E-state index is 0.256. The molecule has 2 aromatic carbocycles. The number of hydrogen-bond donors (Lipinski definition) is 0. The minimum Gasteiger partial charge on any atom is -0.494 e. The van der Waals surface area contributed by atoms with Gasteiger partial charge in [-0.25, -0.2) is 0 Å². The van der Waals surface area contributed by atoms with Gasteiger partial charge in [0.15, 0.2) is 0 Å². The van der Waals surface area contributed by atoms with Gasteiger partial charge in [-0.1, -0.05) is 70.9 Å². The third-order valence-electron chi connectivity index (χ3n) is 3.78. The van der Waals surface area contributed by atoms with Gasteiger partial charge in [0.1, 0.15) is 5.75 Å². The number of hydrogen-bond acceptors (Lipinski definition) is 1. The Morgan fingerprint density at radius 2 is 1.76 bits per heavy atom. The van der Waals surface area contributed by atoms with Crippen LogP contribution in [0.5, 0.6) is 5.75 Å². The third-order valence-corrected chi connectivity index (χ3v) is 4.91. The first-order valence-electron chi connectivity index (χ1n) is 7.59. The van der Waals surface area contributed by atoms with Gasteiger partial charge in [0.2, 0.25) is 0 Å². The number of halogens is 1. The second-order valence-electron chi connectivity index (χ2n) is 5.30. The van der Waals surface area contributed by atoms with Crippen LogP contribution in [0.2, 0.25) is 0 Å². The Balaban J connectivity index is 2.37. The van der Waals surface area contributed by atoms with Crippen LogP contribution in [0, 0.1) is 6.92 Å². The first kappa shape index (κ1) is 16.1. The molecule has 0 fully saturated rings. The summed E-state index contributed by atoms with van der Waals surface area (Å²) in [6.07, 6.45) is 1.08. The molecule has 0 amide bonds. The predicted molar refractivity (Wildman–Crippen MR) is 93.5 cm³/mol. The van der Waals surface area contributed by atoms with E-state index in [2.05, 4.69) is 78.3 Å². The quantitative estimate of drug-likeness (QED) is 0.580. The first-order chi connectivity index (χ1) is 10.2. The zero-order chi connectivity index (χ0) is 15.2. The van der Waals surface area contributed by atoms with Crippen molar-refractivity contribution in [3.8, 4) is 5.75 Å². The highest BCUT2D eigenvalue weighted by Crippen LogP contribution is 2.43. The maximum absolute atomic E-state index is 5.81. The Morgan fingerprint density at radius 3 is 2.38 bits per heavy atom. The average molecular weight is 347 g/mol. The predicted octanol–water partition coefficient (Wildman–Crippen LogP) is 6.02. The first-order valence-corrected chi connectivity index (χ1v) is 8.51. The lowest BCUT2D eigenvalue weighted by atomic mass is 9.89. The summed E-state index contributed by atoms with van der Waals surface area (Å²) in [5.41, 5.74) is 3.87. The maximum Gasteiger partial charge on any atom is 0.123 e. The van der Waals surface area contributed by atoms with Crippen molar-refractivity contribution in [2.24, 2.45) is 0 Å². The van der Waals surface area contributed by atoms with E-state index < -0.39 is 0 Å². The van der Waals surface area contributed by atoms with E-state index in [1.807, 2.05) is 6.92 Å².